The summed E-state index contributed by atoms with van der Waals surface area (Å²) in [6.45, 7) is 4.97. The molecule has 1 aromatic carbocycles. The predicted molar refractivity (Wildman–Crippen MR) is 75.7 cm³/mol. The van der Waals surface area contributed by atoms with Crippen molar-refractivity contribution in [2.75, 3.05) is 6.26 Å². The molecule has 0 aliphatic heterocycles. The summed E-state index contributed by atoms with van der Waals surface area (Å²) < 4.78 is 5.56. The maximum atomic E-state index is 5.56. The number of nitrogens with one attached hydrogen (secondary N) is 1. The van der Waals surface area contributed by atoms with Gasteiger partial charge in [0, 0.05) is 23.0 Å². The summed E-state index contributed by atoms with van der Waals surface area (Å²) in [6.07, 6.45) is 3.59. The zero-order chi connectivity index (χ0) is 13.0. The molecule has 18 heavy (non-hydrogen) atoms. The smallest absolute Gasteiger partial charge is 0.181 e. The van der Waals surface area contributed by atoms with Crippen molar-refractivity contribution in [3.8, 4) is 11.3 Å². The summed E-state index contributed by atoms with van der Waals surface area (Å²) in [4.78, 5) is 5.51. The monoisotopic (exact) mass is 262 g/mol. The van der Waals surface area contributed by atoms with E-state index in [0.29, 0.717) is 6.04 Å². The van der Waals surface area contributed by atoms with Crippen LogP contribution in [0.5, 0.6) is 0 Å². The molecule has 2 rings (SSSR count). The van der Waals surface area contributed by atoms with Gasteiger partial charge in [-0.2, -0.15) is 0 Å². The van der Waals surface area contributed by atoms with E-state index in [9.17, 15) is 0 Å². The van der Waals surface area contributed by atoms with E-state index >= 15 is 0 Å². The van der Waals surface area contributed by atoms with Crippen LogP contribution in [0.3, 0.4) is 0 Å². The summed E-state index contributed by atoms with van der Waals surface area (Å²) in [5, 5.41) is 3.37. The van der Waals surface area contributed by atoms with Crippen molar-refractivity contribution in [2.45, 2.75) is 31.3 Å². The Hall–Kier alpha value is -1.26. The van der Waals surface area contributed by atoms with Crippen molar-refractivity contribution in [2.24, 2.45) is 0 Å². The largest absolute Gasteiger partial charge is 0.443 e. The van der Waals surface area contributed by atoms with E-state index in [-0.39, 0.29) is 0 Å². The average Bonchev–Trinajstić information content (AvgIpc) is 2.84. The van der Waals surface area contributed by atoms with E-state index in [1.54, 1.807) is 11.8 Å². The third-order valence-electron chi connectivity index (χ3n) is 2.67. The minimum absolute atomic E-state index is 0.436. The first-order valence-electron chi connectivity index (χ1n) is 6.01. The number of hydrogen-bond donors (Lipinski definition) is 1. The molecule has 0 fully saturated rings. The fourth-order valence-electron chi connectivity index (χ4n) is 1.75. The van der Waals surface area contributed by atoms with Crippen molar-refractivity contribution in [1.82, 2.24) is 10.3 Å². The van der Waals surface area contributed by atoms with Gasteiger partial charge in [0.15, 0.2) is 12.2 Å². The number of thioether (sulfide) groups is 1. The Morgan fingerprint density at radius 2 is 2.11 bits per heavy atom. The number of aromatic nitrogens is 1. The van der Waals surface area contributed by atoms with Gasteiger partial charge in [-0.1, -0.05) is 32.0 Å². The van der Waals surface area contributed by atoms with Gasteiger partial charge >= 0.3 is 0 Å². The molecule has 0 bridgehead atoms. The van der Waals surface area contributed by atoms with Crippen molar-refractivity contribution in [1.29, 1.82) is 0 Å². The highest BCUT2D eigenvalue weighted by Crippen LogP contribution is 2.31. The number of rotatable bonds is 5. The molecule has 0 atom stereocenters. The Kier molecular flexibility index (Phi) is 4.44. The lowest BCUT2D eigenvalue weighted by Gasteiger charge is -2.08. The Morgan fingerprint density at radius 1 is 1.33 bits per heavy atom. The molecule has 1 heterocycles. The summed E-state index contributed by atoms with van der Waals surface area (Å²) in [5.74, 6) is 0.869. The molecule has 0 amide bonds. The maximum absolute atomic E-state index is 5.56. The van der Waals surface area contributed by atoms with Gasteiger partial charge in [0.1, 0.15) is 5.69 Å². The van der Waals surface area contributed by atoms with Gasteiger partial charge in [0.25, 0.3) is 0 Å². The second kappa shape index (κ2) is 6.07. The number of nitrogens with zero attached hydrogens (tertiary/aromatic N) is 1. The van der Waals surface area contributed by atoms with E-state index in [2.05, 4.69) is 42.5 Å². The fraction of sp³-hybridized carbons (Fsp3) is 0.357. The Balaban J connectivity index is 2.30. The second-order valence-corrected chi connectivity index (χ2v) is 5.21. The van der Waals surface area contributed by atoms with Crippen molar-refractivity contribution in [3.63, 3.8) is 0 Å². The molecule has 0 aliphatic rings. The Bertz CT molecular complexity index is 508. The molecule has 0 radical (unpaired) electrons. The van der Waals surface area contributed by atoms with Crippen LogP contribution in [-0.2, 0) is 6.54 Å². The lowest BCUT2D eigenvalue weighted by Crippen LogP contribution is -2.22. The highest BCUT2D eigenvalue weighted by atomic mass is 32.2. The quantitative estimate of drug-likeness (QED) is 0.836. The fourth-order valence-corrected chi connectivity index (χ4v) is 2.34. The summed E-state index contributed by atoms with van der Waals surface area (Å²) in [5.41, 5.74) is 2.08. The number of hydrogen-bond acceptors (Lipinski definition) is 4. The van der Waals surface area contributed by atoms with Gasteiger partial charge in [-0.25, -0.2) is 4.98 Å². The molecule has 96 valence electrons. The molecule has 0 spiro atoms. The first-order valence-corrected chi connectivity index (χ1v) is 7.24. The molecular weight excluding hydrogens is 244 g/mol. The highest BCUT2D eigenvalue weighted by molar-refractivity contribution is 7.98. The zero-order valence-electron chi connectivity index (χ0n) is 10.9. The first kappa shape index (κ1) is 13.2. The van der Waals surface area contributed by atoms with Crippen LogP contribution in [0, 0.1) is 0 Å². The second-order valence-electron chi connectivity index (χ2n) is 4.36. The van der Waals surface area contributed by atoms with Gasteiger partial charge in [-0.3, -0.25) is 0 Å². The molecule has 1 N–H and O–H groups in total. The van der Waals surface area contributed by atoms with Gasteiger partial charge in [-0.15, -0.1) is 11.8 Å². The van der Waals surface area contributed by atoms with E-state index in [0.717, 1.165) is 23.6 Å². The van der Waals surface area contributed by atoms with Gasteiger partial charge in [-0.05, 0) is 12.3 Å². The molecule has 2 aromatic rings. The summed E-state index contributed by atoms with van der Waals surface area (Å²) in [6, 6.07) is 8.67. The lowest BCUT2D eigenvalue weighted by molar-refractivity contribution is 0.562. The van der Waals surface area contributed by atoms with Crippen LogP contribution >= 0.6 is 11.8 Å². The Morgan fingerprint density at radius 3 is 2.83 bits per heavy atom. The van der Waals surface area contributed by atoms with Crippen LogP contribution in [0.15, 0.2) is 40.0 Å². The zero-order valence-corrected chi connectivity index (χ0v) is 11.8. The number of oxazole rings is 1. The van der Waals surface area contributed by atoms with E-state index in [4.69, 9.17) is 4.42 Å². The molecule has 0 saturated heterocycles. The van der Waals surface area contributed by atoms with Crippen LogP contribution in [0.4, 0.5) is 0 Å². The molecule has 0 aliphatic carbocycles. The minimum Gasteiger partial charge on any atom is -0.443 e. The van der Waals surface area contributed by atoms with Crippen molar-refractivity contribution < 1.29 is 4.42 Å². The third kappa shape index (κ3) is 2.94. The molecular formula is C14H18N2OS. The lowest BCUT2D eigenvalue weighted by atomic mass is 10.1. The van der Waals surface area contributed by atoms with Crippen molar-refractivity contribution >= 4 is 11.8 Å². The normalized spacial score (nSPS) is 11.1. The highest BCUT2D eigenvalue weighted by Gasteiger charge is 2.13. The van der Waals surface area contributed by atoms with Gasteiger partial charge < -0.3 is 9.73 Å². The maximum Gasteiger partial charge on any atom is 0.181 e. The number of benzene rings is 1. The van der Waals surface area contributed by atoms with E-state index in [1.807, 2.05) is 12.1 Å². The molecule has 0 unspecified atom stereocenters. The van der Waals surface area contributed by atoms with Crippen LogP contribution in [0.2, 0.25) is 0 Å². The predicted octanol–water partition coefficient (Wildman–Crippen LogP) is 3.56. The SMILES string of the molecule is CSc1ccccc1-c1ocnc1CNC(C)C. The summed E-state index contributed by atoms with van der Waals surface area (Å²) >= 11 is 1.72. The van der Waals surface area contributed by atoms with Crippen LogP contribution in [0.25, 0.3) is 11.3 Å². The first-order chi connectivity index (χ1) is 8.72. The third-order valence-corrected chi connectivity index (χ3v) is 3.47. The van der Waals surface area contributed by atoms with E-state index < -0.39 is 0 Å². The molecule has 4 heteroatoms. The van der Waals surface area contributed by atoms with Gasteiger partial charge in [0.05, 0.1) is 0 Å². The average molecular weight is 262 g/mol. The van der Waals surface area contributed by atoms with E-state index in [1.165, 1.54) is 11.3 Å². The van der Waals surface area contributed by atoms with Crippen LogP contribution < -0.4 is 5.32 Å². The van der Waals surface area contributed by atoms with Gasteiger partial charge in [0.2, 0.25) is 0 Å². The summed E-state index contributed by atoms with van der Waals surface area (Å²) in [7, 11) is 0. The van der Waals surface area contributed by atoms with Crippen molar-refractivity contribution in [3.05, 3.63) is 36.4 Å². The standard InChI is InChI=1S/C14H18N2OS/c1-10(2)15-8-12-14(17-9-16-12)11-6-4-5-7-13(11)18-3/h4-7,9-10,15H,8H2,1-3H3. The minimum atomic E-state index is 0.436. The molecule has 0 saturated carbocycles. The van der Waals surface area contributed by atoms with Crippen LogP contribution in [-0.4, -0.2) is 17.3 Å². The topological polar surface area (TPSA) is 38.1 Å². The van der Waals surface area contributed by atoms with Crippen LogP contribution in [0.1, 0.15) is 19.5 Å². The molecule has 3 nitrogen and oxygen atoms in total. The Labute approximate surface area is 112 Å². The molecule has 1 aromatic heterocycles.